The standard InChI is InChI=1S/C13H13N5O/c1-2-19-11-5-3-10(4-6-11)18-13-7-12(15-8-14)16-9-17-13/h3-7,9H,2H2,1H3,(H2,15,16,17,18). The van der Waals surface area contributed by atoms with Crippen LogP contribution in [0.15, 0.2) is 36.7 Å². The van der Waals surface area contributed by atoms with E-state index in [1.54, 1.807) is 6.07 Å². The lowest BCUT2D eigenvalue weighted by molar-refractivity contribution is 0.340. The number of hydrogen-bond donors (Lipinski definition) is 2. The molecule has 0 aliphatic rings. The molecular weight excluding hydrogens is 242 g/mol. The number of aromatic nitrogens is 2. The third-order valence-electron chi connectivity index (χ3n) is 2.29. The Kier molecular flexibility index (Phi) is 4.13. The van der Waals surface area contributed by atoms with Crippen molar-refractivity contribution in [3.8, 4) is 11.9 Å². The molecule has 1 heterocycles. The molecule has 0 saturated heterocycles. The van der Waals surface area contributed by atoms with E-state index in [-0.39, 0.29) is 0 Å². The molecule has 6 nitrogen and oxygen atoms in total. The van der Waals surface area contributed by atoms with Crippen molar-refractivity contribution in [3.63, 3.8) is 0 Å². The minimum Gasteiger partial charge on any atom is -0.494 e. The Labute approximate surface area is 111 Å². The van der Waals surface area contributed by atoms with E-state index in [4.69, 9.17) is 10.00 Å². The lowest BCUT2D eigenvalue weighted by atomic mass is 10.3. The summed E-state index contributed by atoms with van der Waals surface area (Å²) in [6, 6.07) is 9.19. The number of nitriles is 1. The van der Waals surface area contributed by atoms with Gasteiger partial charge in [0.1, 0.15) is 23.7 Å². The fourth-order valence-corrected chi connectivity index (χ4v) is 1.50. The van der Waals surface area contributed by atoms with Crippen LogP contribution in [0.2, 0.25) is 0 Å². The molecule has 0 unspecified atom stereocenters. The van der Waals surface area contributed by atoms with Crippen molar-refractivity contribution in [2.24, 2.45) is 0 Å². The molecule has 2 aromatic rings. The Balaban J connectivity index is 2.08. The topological polar surface area (TPSA) is 82.9 Å². The summed E-state index contributed by atoms with van der Waals surface area (Å²) >= 11 is 0. The molecule has 0 amide bonds. The van der Waals surface area contributed by atoms with Gasteiger partial charge in [0, 0.05) is 11.8 Å². The van der Waals surface area contributed by atoms with Crippen LogP contribution in [-0.2, 0) is 0 Å². The van der Waals surface area contributed by atoms with E-state index < -0.39 is 0 Å². The first kappa shape index (κ1) is 12.6. The van der Waals surface area contributed by atoms with E-state index >= 15 is 0 Å². The van der Waals surface area contributed by atoms with Gasteiger partial charge in [-0.2, -0.15) is 5.26 Å². The van der Waals surface area contributed by atoms with Crippen LogP contribution >= 0.6 is 0 Å². The Morgan fingerprint density at radius 1 is 1.21 bits per heavy atom. The number of rotatable bonds is 5. The second-order valence-electron chi connectivity index (χ2n) is 3.61. The van der Waals surface area contributed by atoms with Crippen molar-refractivity contribution in [2.45, 2.75) is 6.92 Å². The molecule has 2 N–H and O–H groups in total. The van der Waals surface area contributed by atoms with Gasteiger partial charge in [-0.15, -0.1) is 0 Å². The van der Waals surface area contributed by atoms with E-state index in [1.165, 1.54) is 6.33 Å². The molecule has 0 atom stereocenters. The molecule has 1 aromatic heterocycles. The van der Waals surface area contributed by atoms with Crippen LogP contribution < -0.4 is 15.4 Å². The van der Waals surface area contributed by atoms with Crippen molar-refractivity contribution in [2.75, 3.05) is 17.2 Å². The molecule has 0 saturated carbocycles. The Morgan fingerprint density at radius 2 is 1.95 bits per heavy atom. The third-order valence-corrected chi connectivity index (χ3v) is 2.29. The van der Waals surface area contributed by atoms with Crippen molar-refractivity contribution in [1.29, 1.82) is 5.26 Å². The fourth-order valence-electron chi connectivity index (χ4n) is 1.50. The van der Waals surface area contributed by atoms with Crippen LogP contribution in [0.25, 0.3) is 0 Å². The third kappa shape index (κ3) is 3.57. The Morgan fingerprint density at radius 3 is 2.63 bits per heavy atom. The monoisotopic (exact) mass is 255 g/mol. The van der Waals surface area contributed by atoms with Crippen LogP contribution in [0.1, 0.15) is 6.92 Å². The average molecular weight is 255 g/mol. The molecule has 0 aliphatic carbocycles. The van der Waals surface area contributed by atoms with Crippen molar-refractivity contribution in [3.05, 3.63) is 36.7 Å². The number of anilines is 3. The number of nitrogens with one attached hydrogen (secondary N) is 2. The van der Waals surface area contributed by atoms with Crippen LogP contribution in [-0.4, -0.2) is 16.6 Å². The van der Waals surface area contributed by atoms with Gasteiger partial charge in [0.05, 0.1) is 6.61 Å². The number of nitrogens with zero attached hydrogens (tertiary/aromatic N) is 3. The summed E-state index contributed by atoms with van der Waals surface area (Å²) in [5, 5.41) is 14.1. The summed E-state index contributed by atoms with van der Waals surface area (Å²) in [4.78, 5) is 7.98. The Hall–Kier alpha value is -2.81. The van der Waals surface area contributed by atoms with Gasteiger partial charge in [0.15, 0.2) is 6.19 Å². The predicted octanol–water partition coefficient (Wildman–Crippen LogP) is 2.51. The van der Waals surface area contributed by atoms with E-state index in [0.717, 1.165) is 11.4 Å². The second-order valence-corrected chi connectivity index (χ2v) is 3.61. The first-order valence-electron chi connectivity index (χ1n) is 5.79. The molecule has 0 bridgehead atoms. The molecule has 0 radical (unpaired) electrons. The highest BCUT2D eigenvalue weighted by molar-refractivity contribution is 5.59. The molecule has 0 aliphatic heterocycles. The molecule has 96 valence electrons. The quantitative estimate of drug-likeness (QED) is 0.631. The summed E-state index contributed by atoms with van der Waals surface area (Å²) in [7, 11) is 0. The summed E-state index contributed by atoms with van der Waals surface area (Å²) in [5.74, 6) is 1.88. The molecule has 6 heteroatoms. The van der Waals surface area contributed by atoms with Gasteiger partial charge >= 0.3 is 0 Å². The zero-order chi connectivity index (χ0) is 13.5. The lowest BCUT2D eigenvalue weighted by Crippen LogP contribution is -1.98. The van der Waals surface area contributed by atoms with Gasteiger partial charge in [-0.05, 0) is 31.2 Å². The van der Waals surface area contributed by atoms with Crippen LogP contribution in [0.4, 0.5) is 17.3 Å². The highest BCUT2D eigenvalue weighted by Gasteiger charge is 1.99. The summed E-state index contributed by atoms with van der Waals surface area (Å²) in [5.41, 5.74) is 0.880. The maximum Gasteiger partial charge on any atom is 0.182 e. The zero-order valence-corrected chi connectivity index (χ0v) is 10.4. The van der Waals surface area contributed by atoms with Gasteiger partial charge in [0.2, 0.25) is 0 Å². The van der Waals surface area contributed by atoms with Crippen molar-refractivity contribution in [1.82, 2.24) is 9.97 Å². The average Bonchev–Trinajstić information content (AvgIpc) is 2.42. The number of benzene rings is 1. The molecule has 1 aromatic carbocycles. The summed E-state index contributed by atoms with van der Waals surface area (Å²) < 4.78 is 5.36. The first-order chi connectivity index (χ1) is 9.31. The fraction of sp³-hybridized carbons (Fsp3) is 0.154. The summed E-state index contributed by atoms with van der Waals surface area (Å²) in [6.45, 7) is 2.58. The SMILES string of the molecule is CCOc1ccc(Nc2cc(NC#N)ncn2)cc1. The largest absolute Gasteiger partial charge is 0.494 e. The van der Waals surface area contributed by atoms with E-state index in [9.17, 15) is 0 Å². The van der Waals surface area contributed by atoms with E-state index in [2.05, 4.69) is 20.6 Å². The van der Waals surface area contributed by atoms with Gasteiger partial charge in [0.25, 0.3) is 0 Å². The number of ether oxygens (including phenoxy) is 1. The first-order valence-corrected chi connectivity index (χ1v) is 5.79. The molecule has 0 fully saturated rings. The maximum atomic E-state index is 8.53. The second kappa shape index (κ2) is 6.21. The molecule has 19 heavy (non-hydrogen) atoms. The minimum atomic E-state index is 0.450. The van der Waals surface area contributed by atoms with Gasteiger partial charge < -0.3 is 10.1 Å². The summed E-state index contributed by atoms with van der Waals surface area (Å²) in [6.07, 6.45) is 3.20. The van der Waals surface area contributed by atoms with Crippen LogP contribution in [0, 0.1) is 11.5 Å². The van der Waals surface area contributed by atoms with Crippen LogP contribution in [0.5, 0.6) is 5.75 Å². The minimum absolute atomic E-state index is 0.450. The van der Waals surface area contributed by atoms with Gasteiger partial charge in [-0.25, -0.2) is 9.97 Å². The van der Waals surface area contributed by atoms with Crippen molar-refractivity contribution >= 4 is 17.3 Å². The molecular formula is C13H13N5O. The van der Waals surface area contributed by atoms with Gasteiger partial charge in [-0.3, -0.25) is 5.32 Å². The molecule has 0 spiro atoms. The smallest absolute Gasteiger partial charge is 0.182 e. The Bertz CT molecular complexity index is 576. The highest BCUT2D eigenvalue weighted by atomic mass is 16.5. The highest BCUT2D eigenvalue weighted by Crippen LogP contribution is 2.19. The van der Waals surface area contributed by atoms with E-state index in [0.29, 0.717) is 18.2 Å². The molecule has 2 rings (SSSR count). The predicted molar refractivity (Wildman–Crippen MR) is 72.2 cm³/mol. The van der Waals surface area contributed by atoms with Gasteiger partial charge in [-0.1, -0.05) is 0 Å². The number of hydrogen-bond acceptors (Lipinski definition) is 6. The van der Waals surface area contributed by atoms with Crippen LogP contribution in [0.3, 0.4) is 0 Å². The maximum absolute atomic E-state index is 8.53. The van der Waals surface area contributed by atoms with Crippen molar-refractivity contribution < 1.29 is 4.74 Å². The normalized spacial score (nSPS) is 9.47. The lowest BCUT2D eigenvalue weighted by Gasteiger charge is -2.07. The van der Waals surface area contributed by atoms with E-state index in [1.807, 2.05) is 37.4 Å². The zero-order valence-electron chi connectivity index (χ0n) is 10.4.